The number of furan rings is 1. The maximum Gasteiger partial charge on any atom is 0.320 e. The molecule has 0 bridgehead atoms. The summed E-state index contributed by atoms with van der Waals surface area (Å²) in [6.45, 7) is 5.21. The number of hydrogen-bond acceptors (Lipinski definition) is 4. The van der Waals surface area contributed by atoms with Crippen LogP contribution in [0, 0.1) is 12.8 Å². The van der Waals surface area contributed by atoms with Crippen molar-refractivity contribution >= 4 is 17.5 Å². The number of nitrogens with zero attached hydrogens (tertiary/aromatic N) is 3. The summed E-state index contributed by atoms with van der Waals surface area (Å²) < 4.78 is 7.04. The van der Waals surface area contributed by atoms with Crippen molar-refractivity contribution in [2.45, 2.75) is 19.9 Å². The number of aryl methyl sites for hydroxylation is 1. The van der Waals surface area contributed by atoms with E-state index in [0.29, 0.717) is 24.8 Å². The van der Waals surface area contributed by atoms with Crippen LogP contribution in [-0.2, 0) is 6.54 Å². The molecule has 0 aliphatic carbocycles. The zero-order valence-electron chi connectivity index (χ0n) is 16.0. The van der Waals surface area contributed by atoms with Crippen molar-refractivity contribution < 1.29 is 9.21 Å². The first kappa shape index (κ1) is 18.2. The maximum atomic E-state index is 12.3. The van der Waals surface area contributed by atoms with Crippen LogP contribution in [-0.4, -0.2) is 35.4 Å². The van der Waals surface area contributed by atoms with Crippen molar-refractivity contribution in [2.75, 3.05) is 29.9 Å². The van der Waals surface area contributed by atoms with Gasteiger partial charge in [-0.3, -0.25) is 5.32 Å². The number of amides is 2. The Morgan fingerprint density at radius 3 is 2.89 bits per heavy atom. The molecular weight excluding hydrogens is 354 g/mol. The largest absolute Gasteiger partial charge is 0.467 e. The zero-order chi connectivity index (χ0) is 19.3. The van der Waals surface area contributed by atoms with E-state index in [-0.39, 0.29) is 6.03 Å². The second-order valence-electron chi connectivity index (χ2n) is 7.22. The Bertz CT molecular complexity index is 901. The van der Waals surface area contributed by atoms with Crippen molar-refractivity contribution in [3.8, 4) is 0 Å². The number of benzene rings is 1. The third kappa shape index (κ3) is 4.36. The Labute approximate surface area is 164 Å². The minimum atomic E-state index is -0.213. The Hall–Kier alpha value is -3.22. The summed E-state index contributed by atoms with van der Waals surface area (Å²) in [5.74, 6) is 1.87. The smallest absolute Gasteiger partial charge is 0.320 e. The number of carbonyl (C=O) groups excluding carboxylic acids is 1. The van der Waals surface area contributed by atoms with Gasteiger partial charge >= 0.3 is 6.03 Å². The summed E-state index contributed by atoms with van der Waals surface area (Å²) in [6, 6.07) is 13.9. The monoisotopic (exact) mass is 379 g/mol. The van der Waals surface area contributed by atoms with E-state index in [4.69, 9.17) is 4.42 Å². The number of hydrogen-bond donors (Lipinski definition) is 2. The van der Waals surface area contributed by atoms with E-state index in [1.807, 2.05) is 12.1 Å². The lowest BCUT2D eigenvalue weighted by Crippen LogP contribution is -2.34. The fourth-order valence-corrected chi connectivity index (χ4v) is 3.50. The molecule has 7 nitrogen and oxygen atoms in total. The lowest BCUT2D eigenvalue weighted by Gasteiger charge is -2.19. The molecule has 28 heavy (non-hydrogen) atoms. The molecule has 0 spiro atoms. The van der Waals surface area contributed by atoms with Crippen molar-refractivity contribution in [3.63, 3.8) is 0 Å². The number of rotatable bonds is 6. The summed E-state index contributed by atoms with van der Waals surface area (Å²) in [7, 11) is 0. The van der Waals surface area contributed by atoms with Crippen LogP contribution in [0.4, 0.5) is 16.3 Å². The third-order valence-corrected chi connectivity index (χ3v) is 5.08. The van der Waals surface area contributed by atoms with Gasteiger partial charge in [-0.2, -0.15) is 5.10 Å². The topological polar surface area (TPSA) is 75.3 Å². The van der Waals surface area contributed by atoms with Crippen molar-refractivity contribution in [3.05, 3.63) is 66.2 Å². The lowest BCUT2D eigenvalue weighted by atomic mass is 10.1. The SMILES string of the molecule is Cc1ccc(N2CC[C@H](CNC(=O)Nc3ccnn3Cc3ccco3)C2)cc1. The number of aromatic nitrogens is 2. The Kier molecular flexibility index (Phi) is 5.32. The van der Waals surface area contributed by atoms with Gasteiger partial charge in [0.15, 0.2) is 0 Å². The van der Waals surface area contributed by atoms with Gasteiger partial charge in [0, 0.05) is 31.4 Å². The third-order valence-electron chi connectivity index (χ3n) is 5.08. The molecule has 3 heterocycles. The zero-order valence-corrected chi connectivity index (χ0v) is 16.0. The highest BCUT2D eigenvalue weighted by Gasteiger charge is 2.23. The van der Waals surface area contributed by atoms with Crippen LogP contribution in [0.2, 0.25) is 0 Å². The molecule has 0 unspecified atom stereocenters. The van der Waals surface area contributed by atoms with Crippen LogP contribution in [0.3, 0.4) is 0 Å². The highest BCUT2D eigenvalue weighted by atomic mass is 16.3. The number of carbonyl (C=O) groups is 1. The minimum Gasteiger partial charge on any atom is -0.467 e. The highest BCUT2D eigenvalue weighted by molar-refractivity contribution is 5.88. The Morgan fingerprint density at radius 1 is 1.25 bits per heavy atom. The molecule has 1 atom stereocenters. The van der Waals surface area contributed by atoms with Crippen LogP contribution in [0.25, 0.3) is 0 Å². The van der Waals surface area contributed by atoms with Gasteiger partial charge in [-0.25, -0.2) is 9.48 Å². The maximum absolute atomic E-state index is 12.3. The molecule has 7 heteroatoms. The first-order valence-electron chi connectivity index (χ1n) is 9.58. The summed E-state index contributed by atoms with van der Waals surface area (Å²) in [5, 5.41) is 10.1. The van der Waals surface area contributed by atoms with Gasteiger partial charge in [-0.1, -0.05) is 17.7 Å². The molecule has 3 aromatic rings. The number of nitrogens with one attached hydrogen (secondary N) is 2. The average Bonchev–Trinajstić information content (AvgIpc) is 3.44. The molecule has 1 fully saturated rings. The van der Waals surface area contributed by atoms with E-state index < -0.39 is 0 Å². The fourth-order valence-electron chi connectivity index (χ4n) is 3.50. The minimum absolute atomic E-state index is 0.213. The van der Waals surface area contributed by atoms with Crippen LogP contribution >= 0.6 is 0 Å². The van der Waals surface area contributed by atoms with Crippen LogP contribution in [0.1, 0.15) is 17.7 Å². The van der Waals surface area contributed by atoms with Gasteiger partial charge in [0.2, 0.25) is 0 Å². The van der Waals surface area contributed by atoms with Gasteiger partial charge in [-0.15, -0.1) is 0 Å². The van der Waals surface area contributed by atoms with E-state index >= 15 is 0 Å². The predicted molar refractivity (Wildman–Crippen MR) is 109 cm³/mol. The molecule has 2 amide bonds. The predicted octanol–water partition coefficient (Wildman–Crippen LogP) is 3.48. The first-order valence-corrected chi connectivity index (χ1v) is 9.58. The average molecular weight is 379 g/mol. The van der Waals surface area contributed by atoms with Gasteiger partial charge in [0.1, 0.15) is 18.1 Å². The van der Waals surface area contributed by atoms with E-state index in [1.54, 1.807) is 23.2 Å². The lowest BCUT2D eigenvalue weighted by molar-refractivity contribution is 0.250. The Morgan fingerprint density at radius 2 is 2.11 bits per heavy atom. The molecule has 0 saturated carbocycles. The van der Waals surface area contributed by atoms with E-state index in [1.165, 1.54) is 11.3 Å². The Balaban J connectivity index is 1.25. The molecular formula is C21H25N5O2. The fraction of sp³-hybridized carbons (Fsp3) is 0.333. The first-order chi connectivity index (χ1) is 13.7. The van der Waals surface area contributed by atoms with E-state index in [0.717, 1.165) is 25.3 Å². The van der Waals surface area contributed by atoms with Crippen molar-refractivity contribution in [1.29, 1.82) is 0 Å². The molecule has 1 aliphatic rings. The van der Waals surface area contributed by atoms with Crippen LogP contribution in [0.15, 0.2) is 59.3 Å². The molecule has 0 radical (unpaired) electrons. The second kappa shape index (κ2) is 8.21. The van der Waals surface area contributed by atoms with Gasteiger partial charge in [0.05, 0.1) is 12.5 Å². The molecule has 2 aromatic heterocycles. The van der Waals surface area contributed by atoms with E-state index in [9.17, 15) is 4.79 Å². The van der Waals surface area contributed by atoms with Crippen LogP contribution in [0.5, 0.6) is 0 Å². The summed E-state index contributed by atoms with van der Waals surface area (Å²) in [6.07, 6.45) is 4.36. The molecule has 4 rings (SSSR count). The van der Waals surface area contributed by atoms with E-state index in [2.05, 4.69) is 51.8 Å². The second-order valence-corrected chi connectivity index (χ2v) is 7.22. The molecule has 1 aromatic carbocycles. The molecule has 146 valence electrons. The number of anilines is 2. The molecule has 2 N–H and O–H groups in total. The van der Waals surface area contributed by atoms with Gasteiger partial charge < -0.3 is 14.6 Å². The van der Waals surface area contributed by atoms with Crippen LogP contribution < -0.4 is 15.5 Å². The normalized spacial score (nSPS) is 16.3. The molecule has 1 aliphatic heterocycles. The number of urea groups is 1. The summed E-state index contributed by atoms with van der Waals surface area (Å²) >= 11 is 0. The van der Waals surface area contributed by atoms with Crippen molar-refractivity contribution in [1.82, 2.24) is 15.1 Å². The quantitative estimate of drug-likeness (QED) is 0.688. The van der Waals surface area contributed by atoms with Crippen molar-refractivity contribution in [2.24, 2.45) is 5.92 Å². The summed E-state index contributed by atoms with van der Waals surface area (Å²) in [4.78, 5) is 14.7. The van der Waals surface area contributed by atoms with Gasteiger partial charge in [-0.05, 0) is 43.5 Å². The van der Waals surface area contributed by atoms with Gasteiger partial charge in [0.25, 0.3) is 0 Å². The summed E-state index contributed by atoms with van der Waals surface area (Å²) in [5.41, 5.74) is 2.52. The highest BCUT2D eigenvalue weighted by Crippen LogP contribution is 2.23. The molecule has 1 saturated heterocycles. The standard InChI is InChI=1S/C21H25N5O2/c1-16-4-6-18(7-5-16)25-11-9-17(14-25)13-22-21(27)24-20-8-10-23-26(20)15-19-3-2-12-28-19/h2-8,10,12,17H,9,11,13-15H2,1H3,(H2,22,24,27)/t17-/m1/s1.